The number of aliphatic imine (C=N–C) groups is 1. The highest BCUT2D eigenvalue weighted by Crippen LogP contribution is 2.34. The molecule has 4 rings (SSSR count). The Balaban J connectivity index is 1.79. The maximum atomic E-state index is 13.7. The number of para-hydroxylation sites is 1. The molecule has 4 aromatic rings. The molecule has 0 bridgehead atoms. The number of carboxylic acid groups (broad SMARTS) is 1. The molecule has 1 atom stereocenters. The fourth-order valence-corrected chi connectivity index (χ4v) is 4.43. The number of guanidine groups is 1. The summed E-state index contributed by atoms with van der Waals surface area (Å²) in [6, 6.07) is 22.9. The predicted octanol–water partition coefficient (Wildman–Crippen LogP) is 2.99. The number of aromatic carboxylic acids is 1. The number of aromatic nitrogens is 2. The van der Waals surface area contributed by atoms with E-state index in [-0.39, 0.29) is 35.9 Å². The molecule has 3 aromatic carbocycles. The average molecular weight is 597 g/mol. The van der Waals surface area contributed by atoms with Crippen LogP contribution in [-0.4, -0.2) is 57.1 Å². The molecule has 1 aromatic heterocycles. The largest absolute Gasteiger partial charge is 0.478 e. The van der Waals surface area contributed by atoms with Crippen molar-refractivity contribution in [2.24, 2.45) is 16.5 Å². The van der Waals surface area contributed by atoms with Crippen LogP contribution in [0.15, 0.2) is 89.9 Å². The number of carboxylic acids is 1. The van der Waals surface area contributed by atoms with Gasteiger partial charge in [-0.1, -0.05) is 48.5 Å². The Morgan fingerprint density at radius 2 is 1.55 bits per heavy atom. The molecule has 1 unspecified atom stereocenters. The Labute approximate surface area is 253 Å². The molecule has 0 fully saturated rings. The number of benzene rings is 3. The van der Waals surface area contributed by atoms with Gasteiger partial charge in [-0.05, 0) is 49.2 Å². The Bertz CT molecular complexity index is 1660. The molecule has 1 heterocycles. The smallest absolute Gasteiger partial charge is 0.335 e. The molecule has 0 spiro atoms. The number of nitrogens with two attached hydrogens (primary N) is 2. The molecule has 8 N–H and O–H groups in total. The molecule has 0 saturated carbocycles. The van der Waals surface area contributed by atoms with Gasteiger partial charge >= 0.3 is 5.97 Å². The van der Waals surface area contributed by atoms with Crippen molar-refractivity contribution < 1.29 is 24.3 Å². The van der Waals surface area contributed by atoms with E-state index in [1.807, 2.05) is 48.5 Å². The third-order valence-corrected chi connectivity index (χ3v) is 6.43. The zero-order valence-corrected chi connectivity index (χ0v) is 23.9. The van der Waals surface area contributed by atoms with E-state index in [9.17, 15) is 24.3 Å². The second-order valence-corrected chi connectivity index (χ2v) is 9.71. The normalized spacial score (nSPS) is 11.2. The van der Waals surface area contributed by atoms with E-state index in [1.165, 1.54) is 31.2 Å². The summed E-state index contributed by atoms with van der Waals surface area (Å²) in [5.41, 5.74) is 12.9. The fourth-order valence-electron chi connectivity index (χ4n) is 4.43. The van der Waals surface area contributed by atoms with Crippen LogP contribution >= 0.6 is 0 Å². The van der Waals surface area contributed by atoms with Crippen molar-refractivity contribution in [2.75, 3.05) is 17.2 Å². The van der Waals surface area contributed by atoms with Crippen LogP contribution in [-0.2, 0) is 9.59 Å². The molecule has 0 aliphatic rings. The lowest BCUT2D eigenvalue weighted by Gasteiger charge is -2.18. The number of hydrogen-bond donors (Lipinski definition) is 6. The van der Waals surface area contributed by atoms with Crippen LogP contribution in [0.2, 0.25) is 0 Å². The summed E-state index contributed by atoms with van der Waals surface area (Å²) in [4.78, 5) is 54.6. The van der Waals surface area contributed by atoms with Crippen LogP contribution in [0.3, 0.4) is 0 Å². The van der Waals surface area contributed by atoms with Crippen molar-refractivity contribution in [3.05, 3.63) is 96.2 Å². The maximum Gasteiger partial charge on any atom is 0.335 e. The van der Waals surface area contributed by atoms with Gasteiger partial charge in [0.1, 0.15) is 11.7 Å². The van der Waals surface area contributed by atoms with Gasteiger partial charge in [-0.2, -0.15) is 5.10 Å². The van der Waals surface area contributed by atoms with Crippen molar-refractivity contribution in [1.82, 2.24) is 15.1 Å². The second-order valence-electron chi connectivity index (χ2n) is 9.71. The molecule has 226 valence electrons. The quantitative estimate of drug-likeness (QED) is 0.0812. The molecule has 0 saturated heterocycles. The number of nitrogens with zero attached hydrogens (tertiary/aromatic N) is 3. The minimum absolute atomic E-state index is 0.0551. The number of carbonyl (C=O) groups excluding carboxylic acids is 3. The van der Waals surface area contributed by atoms with Crippen LogP contribution in [0.1, 0.15) is 40.6 Å². The summed E-state index contributed by atoms with van der Waals surface area (Å²) in [5, 5.41) is 22.1. The highest BCUT2D eigenvalue weighted by Gasteiger charge is 2.29. The Morgan fingerprint density at radius 3 is 2.14 bits per heavy atom. The van der Waals surface area contributed by atoms with Gasteiger partial charge in [0, 0.05) is 24.7 Å². The average Bonchev–Trinajstić information content (AvgIpc) is 3.38. The number of nitrogens with one attached hydrogen (secondary N) is 3. The maximum absolute atomic E-state index is 13.7. The molecule has 13 nitrogen and oxygen atoms in total. The number of rotatable bonds is 12. The standard InChI is InChI=1S/C31H32N8O5/c1-19(40)35-24(13-8-18-34-31(32)33)28(41)37-25-26(29(42)36-22-16-14-21(15-17-22)30(43)44)38-39(23-11-6-3-7-12-23)27(25)20-9-4-2-5-10-20/h2-7,9-12,14-17,24H,8,13,18H2,1H3,(H,35,40)(H,36,42)(H,37,41)(H,43,44)(H4,32,33,34). The number of hydrogen-bond acceptors (Lipinski definition) is 6. The van der Waals surface area contributed by atoms with Crippen LogP contribution in [0.4, 0.5) is 11.4 Å². The zero-order chi connectivity index (χ0) is 31.6. The molecular weight excluding hydrogens is 564 g/mol. The van der Waals surface area contributed by atoms with Gasteiger partial charge in [0.25, 0.3) is 5.91 Å². The molecule has 44 heavy (non-hydrogen) atoms. The highest BCUT2D eigenvalue weighted by molar-refractivity contribution is 6.12. The van der Waals surface area contributed by atoms with Gasteiger partial charge in [0.05, 0.1) is 16.9 Å². The summed E-state index contributed by atoms with van der Waals surface area (Å²) < 4.78 is 1.56. The van der Waals surface area contributed by atoms with Gasteiger partial charge in [0.15, 0.2) is 11.7 Å². The molecule has 0 aliphatic heterocycles. The van der Waals surface area contributed by atoms with Crippen LogP contribution in [0, 0.1) is 0 Å². The van der Waals surface area contributed by atoms with E-state index in [4.69, 9.17) is 11.5 Å². The topological polar surface area (TPSA) is 207 Å². The molecule has 0 radical (unpaired) electrons. The van der Waals surface area contributed by atoms with Crippen molar-refractivity contribution in [2.45, 2.75) is 25.8 Å². The first-order valence-corrected chi connectivity index (χ1v) is 13.7. The predicted molar refractivity (Wildman–Crippen MR) is 166 cm³/mol. The lowest BCUT2D eigenvalue weighted by atomic mass is 10.1. The second kappa shape index (κ2) is 14.3. The minimum Gasteiger partial charge on any atom is -0.478 e. The molecule has 13 heteroatoms. The Morgan fingerprint density at radius 1 is 0.909 bits per heavy atom. The monoisotopic (exact) mass is 596 g/mol. The summed E-state index contributed by atoms with van der Waals surface area (Å²) in [7, 11) is 0. The van der Waals surface area contributed by atoms with E-state index in [0.717, 1.165) is 0 Å². The minimum atomic E-state index is -1.10. The van der Waals surface area contributed by atoms with Crippen LogP contribution in [0.25, 0.3) is 16.9 Å². The van der Waals surface area contributed by atoms with Gasteiger partial charge in [-0.15, -0.1) is 0 Å². The summed E-state index contributed by atoms with van der Waals surface area (Å²) >= 11 is 0. The fraction of sp³-hybridized carbons (Fsp3) is 0.161. The lowest BCUT2D eigenvalue weighted by Crippen LogP contribution is -2.43. The number of amides is 3. The third kappa shape index (κ3) is 7.85. The number of carbonyl (C=O) groups is 4. The summed E-state index contributed by atoms with van der Waals surface area (Å²) in [5.74, 6) is -2.83. The first-order valence-electron chi connectivity index (χ1n) is 13.7. The first-order chi connectivity index (χ1) is 21.1. The zero-order valence-electron chi connectivity index (χ0n) is 23.9. The van der Waals surface area contributed by atoms with Crippen molar-refractivity contribution in [1.29, 1.82) is 0 Å². The van der Waals surface area contributed by atoms with Gasteiger partial charge in [0.2, 0.25) is 11.8 Å². The van der Waals surface area contributed by atoms with Crippen molar-refractivity contribution >= 4 is 41.0 Å². The molecular formula is C31H32N8O5. The molecule has 3 amide bonds. The van der Waals surface area contributed by atoms with E-state index in [2.05, 4.69) is 26.0 Å². The number of anilines is 2. The van der Waals surface area contributed by atoms with E-state index in [0.29, 0.717) is 29.1 Å². The summed E-state index contributed by atoms with van der Waals surface area (Å²) in [6.45, 7) is 1.55. The first kappa shape index (κ1) is 31.0. The highest BCUT2D eigenvalue weighted by atomic mass is 16.4. The van der Waals surface area contributed by atoms with Gasteiger partial charge in [-0.3, -0.25) is 19.4 Å². The van der Waals surface area contributed by atoms with E-state index in [1.54, 1.807) is 16.8 Å². The van der Waals surface area contributed by atoms with E-state index >= 15 is 0 Å². The van der Waals surface area contributed by atoms with Crippen LogP contribution in [0.5, 0.6) is 0 Å². The third-order valence-electron chi connectivity index (χ3n) is 6.43. The Kier molecular flexibility index (Phi) is 10.0. The lowest BCUT2D eigenvalue weighted by molar-refractivity contribution is -0.125. The van der Waals surface area contributed by atoms with Gasteiger partial charge < -0.3 is 32.5 Å². The Hall–Kier alpha value is -5.98. The van der Waals surface area contributed by atoms with Crippen LogP contribution < -0.4 is 27.4 Å². The van der Waals surface area contributed by atoms with Crippen molar-refractivity contribution in [3.8, 4) is 16.9 Å². The summed E-state index contributed by atoms with van der Waals surface area (Å²) in [6.07, 6.45) is 0.609. The SMILES string of the molecule is CC(=O)NC(CCCN=C(N)N)C(=O)Nc1c(C(=O)Nc2ccc(C(=O)O)cc2)nn(-c2ccccc2)c1-c1ccccc1. The molecule has 0 aliphatic carbocycles. The van der Waals surface area contributed by atoms with Gasteiger partial charge in [-0.25, -0.2) is 9.48 Å². The van der Waals surface area contributed by atoms with Crippen molar-refractivity contribution in [3.63, 3.8) is 0 Å². The van der Waals surface area contributed by atoms with E-state index < -0.39 is 29.7 Å².